The lowest BCUT2D eigenvalue weighted by atomic mass is 10.0. The number of fused-ring (bicyclic) bond motifs is 1. The van der Waals surface area contributed by atoms with Gasteiger partial charge in [0.15, 0.2) is 14.4 Å². The summed E-state index contributed by atoms with van der Waals surface area (Å²) in [5.41, 5.74) is 3.17. The van der Waals surface area contributed by atoms with Crippen molar-refractivity contribution in [3.63, 3.8) is 0 Å². The number of amides is 1. The highest BCUT2D eigenvalue weighted by Crippen LogP contribution is 2.38. The highest BCUT2D eigenvalue weighted by Gasteiger charge is 2.38. The van der Waals surface area contributed by atoms with Crippen LogP contribution in [-0.4, -0.2) is 74.0 Å². The van der Waals surface area contributed by atoms with E-state index in [1.165, 1.54) is 12.3 Å². The molecule has 0 aliphatic carbocycles. The van der Waals surface area contributed by atoms with Crippen LogP contribution in [0.4, 0.5) is 9.18 Å². The fraction of sp³-hybridized carbons (Fsp3) is 0.545. The number of likely N-dealkylation sites (tertiary alicyclic amines) is 1. The first-order valence-electron chi connectivity index (χ1n) is 15.9. The molecule has 0 N–H and O–H groups in total. The predicted molar refractivity (Wildman–Crippen MR) is 188 cm³/mol. The summed E-state index contributed by atoms with van der Waals surface area (Å²) >= 11 is 2.23. The Hall–Kier alpha value is -3.11. The first-order chi connectivity index (χ1) is 21.9. The number of aromatic nitrogens is 6. The van der Waals surface area contributed by atoms with Gasteiger partial charge < -0.3 is 18.8 Å². The van der Waals surface area contributed by atoms with E-state index in [1.54, 1.807) is 17.2 Å². The van der Waals surface area contributed by atoms with Gasteiger partial charge in [-0.3, -0.25) is 9.38 Å². The Bertz CT molecular complexity index is 1720. The second-order valence-corrected chi connectivity index (χ2v) is 20.5. The van der Waals surface area contributed by atoms with Gasteiger partial charge in [-0.15, -0.1) is 5.10 Å². The van der Waals surface area contributed by atoms with Gasteiger partial charge in [0.25, 0.3) is 0 Å². The van der Waals surface area contributed by atoms with E-state index >= 15 is 0 Å². The van der Waals surface area contributed by atoms with Crippen molar-refractivity contribution >= 4 is 42.6 Å². The van der Waals surface area contributed by atoms with Crippen molar-refractivity contribution in [1.29, 1.82) is 0 Å². The summed E-state index contributed by atoms with van der Waals surface area (Å²) in [7, 11) is -2.14. The lowest BCUT2D eigenvalue weighted by Gasteiger charge is -2.37. The highest BCUT2D eigenvalue weighted by molar-refractivity contribution is 14.1. The molecule has 5 rings (SSSR count). The van der Waals surface area contributed by atoms with Crippen molar-refractivity contribution in [2.24, 2.45) is 0 Å². The average Bonchev–Trinajstić information content (AvgIpc) is 3.56. The Labute approximate surface area is 290 Å². The summed E-state index contributed by atoms with van der Waals surface area (Å²) < 4.78 is 37.5. The van der Waals surface area contributed by atoms with Crippen LogP contribution < -0.4 is 4.74 Å². The molecule has 4 aromatic heterocycles. The van der Waals surface area contributed by atoms with Gasteiger partial charge in [0, 0.05) is 24.7 Å². The molecule has 1 atom stereocenters. The summed E-state index contributed by atoms with van der Waals surface area (Å²) in [5, 5.41) is 9.16. The molecule has 1 aliphatic rings. The molecule has 5 heterocycles. The van der Waals surface area contributed by atoms with Crippen molar-refractivity contribution in [3.8, 4) is 17.1 Å². The van der Waals surface area contributed by atoms with Crippen LogP contribution >= 0.6 is 22.6 Å². The molecule has 1 saturated heterocycles. The van der Waals surface area contributed by atoms with Gasteiger partial charge in [0.05, 0.1) is 36.4 Å². The first kappa shape index (κ1) is 35.2. The normalized spacial score (nSPS) is 15.7. The molecule has 14 heteroatoms. The van der Waals surface area contributed by atoms with Gasteiger partial charge in [0.2, 0.25) is 5.88 Å². The second-order valence-electron chi connectivity index (χ2n) is 14.6. The number of halogens is 2. The van der Waals surface area contributed by atoms with Gasteiger partial charge in [-0.1, -0.05) is 26.0 Å². The topological polar surface area (TPSA) is 109 Å². The van der Waals surface area contributed by atoms with Gasteiger partial charge in [-0.25, -0.2) is 18.9 Å². The minimum absolute atomic E-state index is 0.00358. The molecule has 0 bridgehead atoms. The fourth-order valence-corrected chi connectivity index (χ4v) is 6.87. The number of hydrogen-bond acceptors (Lipinski definition) is 8. The SMILES string of the molecule is Cc1c(-c2cc(OC(CO[Si](C)(C)C(C)(C)C)c3ccc(F)cn3)n3c(I)cnc3c2)nnn1C1CCN(C(=O)OC(C)(C)C)CC1. The van der Waals surface area contributed by atoms with E-state index in [0.29, 0.717) is 30.3 Å². The number of pyridine rings is 2. The van der Waals surface area contributed by atoms with Gasteiger partial charge in [-0.05, 0) is 99.5 Å². The molecule has 0 saturated carbocycles. The summed E-state index contributed by atoms with van der Waals surface area (Å²) in [6.07, 6.45) is 3.58. The third-order valence-corrected chi connectivity index (χ3v) is 14.2. The molecule has 1 aliphatic heterocycles. The molecule has 1 unspecified atom stereocenters. The number of hydrogen-bond donors (Lipinski definition) is 0. The van der Waals surface area contributed by atoms with Gasteiger partial charge >= 0.3 is 6.09 Å². The van der Waals surface area contributed by atoms with Crippen molar-refractivity contribution in [2.45, 2.75) is 97.2 Å². The molecule has 47 heavy (non-hydrogen) atoms. The maximum Gasteiger partial charge on any atom is 0.410 e. The molecular formula is C33H45FIN7O4Si. The molecule has 1 amide bonds. The lowest BCUT2D eigenvalue weighted by Crippen LogP contribution is -2.42. The number of imidazole rings is 1. The zero-order chi connectivity index (χ0) is 34.3. The molecule has 0 radical (unpaired) electrons. The van der Waals surface area contributed by atoms with E-state index in [1.807, 2.05) is 48.9 Å². The number of rotatable bonds is 8. The summed E-state index contributed by atoms with van der Waals surface area (Å²) in [6.45, 7) is 20.0. The summed E-state index contributed by atoms with van der Waals surface area (Å²) in [4.78, 5) is 23.3. The number of carbonyl (C=O) groups excluding carboxylic acids is 1. The predicted octanol–water partition coefficient (Wildman–Crippen LogP) is 7.75. The maximum atomic E-state index is 13.9. The van der Waals surface area contributed by atoms with Crippen LogP contribution in [0.25, 0.3) is 16.9 Å². The van der Waals surface area contributed by atoms with E-state index in [-0.39, 0.29) is 23.8 Å². The Morgan fingerprint density at radius 1 is 1.09 bits per heavy atom. The standard InChI is InChI=1S/C33H45FIN7O4Si/c1-21-30(38-39-42(21)24-12-14-40(15-13-24)31(43)46-32(2,3)4)22-16-28-37-19-27(35)41(28)29(17-22)45-26(25-11-10-23(34)18-36-25)20-44-47(8,9)33(5,6)7/h10-11,16-19,24,26H,12-15,20H2,1-9H3. The van der Waals surface area contributed by atoms with E-state index in [2.05, 4.69) is 76.7 Å². The Kier molecular flexibility index (Phi) is 10.0. The molecule has 11 nitrogen and oxygen atoms in total. The van der Waals surface area contributed by atoms with E-state index in [9.17, 15) is 9.18 Å². The Morgan fingerprint density at radius 3 is 2.40 bits per heavy atom. The van der Waals surface area contributed by atoms with Crippen molar-refractivity contribution < 1.29 is 23.1 Å². The van der Waals surface area contributed by atoms with Crippen LogP contribution in [0.5, 0.6) is 5.88 Å². The lowest BCUT2D eigenvalue weighted by molar-refractivity contribution is 0.0183. The molecule has 0 aromatic carbocycles. The molecule has 254 valence electrons. The molecular weight excluding hydrogens is 732 g/mol. The van der Waals surface area contributed by atoms with Crippen LogP contribution in [-0.2, 0) is 9.16 Å². The van der Waals surface area contributed by atoms with Gasteiger partial charge in [-0.2, -0.15) is 0 Å². The minimum Gasteiger partial charge on any atom is -0.466 e. The average molecular weight is 778 g/mol. The number of carbonyl (C=O) groups is 1. The van der Waals surface area contributed by atoms with Crippen molar-refractivity contribution in [2.75, 3.05) is 19.7 Å². The minimum atomic E-state index is -2.14. The van der Waals surface area contributed by atoms with Gasteiger partial charge in [0.1, 0.15) is 26.5 Å². The zero-order valence-electron chi connectivity index (χ0n) is 28.7. The summed E-state index contributed by atoms with van der Waals surface area (Å²) in [5.74, 6) is 0.120. The number of nitrogens with zero attached hydrogens (tertiary/aromatic N) is 7. The number of ether oxygens (including phenoxy) is 2. The second kappa shape index (κ2) is 13.4. The Balaban J connectivity index is 1.43. The highest BCUT2D eigenvalue weighted by atomic mass is 127. The van der Waals surface area contributed by atoms with Crippen molar-refractivity contribution in [1.82, 2.24) is 34.3 Å². The first-order valence-corrected chi connectivity index (χ1v) is 19.9. The van der Waals surface area contributed by atoms with Crippen LogP contribution in [0.3, 0.4) is 0 Å². The van der Waals surface area contributed by atoms with Crippen LogP contribution in [0.15, 0.2) is 36.7 Å². The Morgan fingerprint density at radius 2 is 1.79 bits per heavy atom. The van der Waals surface area contributed by atoms with Crippen LogP contribution in [0.2, 0.25) is 18.1 Å². The third kappa shape index (κ3) is 7.96. The fourth-order valence-electron chi connectivity index (χ4n) is 5.24. The molecule has 4 aromatic rings. The molecule has 1 fully saturated rings. The van der Waals surface area contributed by atoms with E-state index in [4.69, 9.17) is 13.9 Å². The molecule has 0 spiro atoms. The quantitative estimate of drug-likeness (QED) is 0.132. The van der Waals surface area contributed by atoms with Crippen LogP contribution in [0.1, 0.15) is 77.9 Å². The maximum absolute atomic E-state index is 13.9. The zero-order valence-corrected chi connectivity index (χ0v) is 31.8. The van der Waals surface area contributed by atoms with Crippen LogP contribution in [0, 0.1) is 16.4 Å². The van der Waals surface area contributed by atoms with E-state index in [0.717, 1.165) is 33.5 Å². The number of piperidine rings is 1. The third-order valence-electron chi connectivity index (χ3n) is 8.94. The van der Waals surface area contributed by atoms with E-state index < -0.39 is 25.8 Å². The largest absolute Gasteiger partial charge is 0.466 e. The summed E-state index contributed by atoms with van der Waals surface area (Å²) in [6, 6.07) is 7.03. The van der Waals surface area contributed by atoms with Crippen molar-refractivity contribution in [3.05, 3.63) is 57.6 Å². The smallest absolute Gasteiger partial charge is 0.410 e. The monoisotopic (exact) mass is 777 g/mol.